The molecular weight excluding hydrogens is 244 g/mol. The molecule has 0 spiro atoms. The Balaban J connectivity index is 4.57. The number of amides is 1. The topological polar surface area (TPSA) is 69.6 Å². The molecular formula is C14H28N2O3. The van der Waals surface area contributed by atoms with Crippen LogP contribution < -0.4 is 5.32 Å². The van der Waals surface area contributed by atoms with E-state index in [2.05, 4.69) is 5.32 Å². The van der Waals surface area contributed by atoms with E-state index in [9.17, 15) is 14.7 Å². The Hall–Kier alpha value is -1.10. The van der Waals surface area contributed by atoms with Gasteiger partial charge in [-0.2, -0.15) is 0 Å². The highest BCUT2D eigenvalue weighted by atomic mass is 16.4. The van der Waals surface area contributed by atoms with Gasteiger partial charge in [-0.1, -0.05) is 27.7 Å². The molecule has 0 aromatic rings. The van der Waals surface area contributed by atoms with Crippen molar-refractivity contribution in [3.05, 3.63) is 0 Å². The van der Waals surface area contributed by atoms with E-state index < -0.39 is 11.5 Å². The molecule has 0 aliphatic rings. The van der Waals surface area contributed by atoms with E-state index in [0.717, 1.165) is 25.9 Å². The highest BCUT2D eigenvalue weighted by molar-refractivity contribution is 5.82. The number of rotatable bonds is 10. The summed E-state index contributed by atoms with van der Waals surface area (Å²) in [5.41, 5.74) is -0.986. The van der Waals surface area contributed by atoms with E-state index in [0.29, 0.717) is 12.8 Å². The average Bonchev–Trinajstić information content (AvgIpc) is 2.39. The lowest BCUT2D eigenvalue weighted by Crippen LogP contribution is -2.54. The molecule has 0 aliphatic carbocycles. The van der Waals surface area contributed by atoms with Crippen LogP contribution in [0.2, 0.25) is 0 Å². The van der Waals surface area contributed by atoms with Crippen molar-refractivity contribution in [2.75, 3.05) is 19.6 Å². The fourth-order valence-corrected chi connectivity index (χ4v) is 2.14. The van der Waals surface area contributed by atoms with Crippen LogP contribution in [0, 0.1) is 0 Å². The van der Waals surface area contributed by atoms with E-state index >= 15 is 0 Å². The van der Waals surface area contributed by atoms with Crippen LogP contribution >= 0.6 is 0 Å². The first-order valence-corrected chi connectivity index (χ1v) is 7.23. The highest BCUT2D eigenvalue weighted by Crippen LogP contribution is 2.15. The van der Waals surface area contributed by atoms with Crippen molar-refractivity contribution in [3.63, 3.8) is 0 Å². The van der Waals surface area contributed by atoms with Gasteiger partial charge in [0, 0.05) is 13.1 Å². The molecule has 0 rings (SSSR count). The Morgan fingerprint density at radius 3 is 1.84 bits per heavy atom. The number of carboxylic acid groups (broad SMARTS) is 1. The molecule has 0 aromatic heterocycles. The summed E-state index contributed by atoms with van der Waals surface area (Å²) in [7, 11) is 0. The molecule has 0 saturated carbocycles. The number of nitrogens with one attached hydrogen (secondary N) is 1. The van der Waals surface area contributed by atoms with Gasteiger partial charge in [0.2, 0.25) is 5.91 Å². The molecule has 0 aromatic carbocycles. The van der Waals surface area contributed by atoms with Crippen molar-refractivity contribution in [2.45, 2.75) is 58.9 Å². The molecule has 0 aliphatic heterocycles. The van der Waals surface area contributed by atoms with E-state index in [1.54, 1.807) is 4.90 Å². The summed E-state index contributed by atoms with van der Waals surface area (Å²) in [5, 5.41) is 12.2. The lowest BCUT2D eigenvalue weighted by atomic mass is 9.93. The number of carboxylic acids is 1. The molecule has 0 saturated heterocycles. The number of carbonyl (C=O) groups excluding carboxylic acids is 1. The first-order valence-electron chi connectivity index (χ1n) is 7.23. The first-order chi connectivity index (χ1) is 8.97. The van der Waals surface area contributed by atoms with Gasteiger partial charge in [0.15, 0.2) is 0 Å². The Morgan fingerprint density at radius 2 is 1.53 bits per heavy atom. The zero-order chi connectivity index (χ0) is 14.9. The van der Waals surface area contributed by atoms with E-state index in [1.807, 2.05) is 27.7 Å². The van der Waals surface area contributed by atoms with Crippen molar-refractivity contribution >= 4 is 11.9 Å². The maximum Gasteiger partial charge on any atom is 0.323 e. The number of hydrogen-bond acceptors (Lipinski definition) is 3. The minimum atomic E-state index is -0.986. The van der Waals surface area contributed by atoms with Crippen molar-refractivity contribution in [1.29, 1.82) is 0 Å². The fraction of sp³-hybridized carbons (Fsp3) is 0.857. The van der Waals surface area contributed by atoms with Crippen molar-refractivity contribution in [3.8, 4) is 0 Å². The normalized spacial score (nSPS) is 11.4. The smallest absolute Gasteiger partial charge is 0.323 e. The van der Waals surface area contributed by atoms with Gasteiger partial charge in [0.05, 0.1) is 6.54 Å². The van der Waals surface area contributed by atoms with Gasteiger partial charge < -0.3 is 10.0 Å². The Labute approximate surface area is 116 Å². The molecule has 112 valence electrons. The van der Waals surface area contributed by atoms with Crippen LogP contribution in [0.1, 0.15) is 53.4 Å². The molecule has 0 fully saturated rings. The van der Waals surface area contributed by atoms with Crippen LogP contribution in [0.25, 0.3) is 0 Å². The lowest BCUT2D eigenvalue weighted by Gasteiger charge is -2.29. The van der Waals surface area contributed by atoms with Crippen LogP contribution in [0.3, 0.4) is 0 Å². The summed E-state index contributed by atoms with van der Waals surface area (Å²) in [6.07, 6.45) is 2.76. The Bertz CT molecular complexity index is 282. The van der Waals surface area contributed by atoms with Crippen LogP contribution in [0.15, 0.2) is 0 Å². The van der Waals surface area contributed by atoms with Gasteiger partial charge in [0.1, 0.15) is 5.54 Å². The Kier molecular flexibility index (Phi) is 8.39. The average molecular weight is 272 g/mol. The van der Waals surface area contributed by atoms with E-state index in [4.69, 9.17) is 0 Å². The third-order valence-corrected chi connectivity index (χ3v) is 3.53. The van der Waals surface area contributed by atoms with Gasteiger partial charge in [-0.15, -0.1) is 0 Å². The van der Waals surface area contributed by atoms with E-state index in [1.165, 1.54) is 0 Å². The largest absolute Gasteiger partial charge is 0.480 e. The summed E-state index contributed by atoms with van der Waals surface area (Å²) in [5.74, 6) is -0.904. The monoisotopic (exact) mass is 272 g/mol. The van der Waals surface area contributed by atoms with E-state index in [-0.39, 0.29) is 12.5 Å². The van der Waals surface area contributed by atoms with Crippen molar-refractivity contribution in [1.82, 2.24) is 10.2 Å². The highest BCUT2D eigenvalue weighted by Gasteiger charge is 2.34. The SMILES string of the molecule is CCCN(CCC)C(=O)CNC(CC)(CC)C(=O)O. The zero-order valence-electron chi connectivity index (χ0n) is 12.7. The molecule has 0 bridgehead atoms. The molecule has 0 atom stereocenters. The molecule has 19 heavy (non-hydrogen) atoms. The Morgan fingerprint density at radius 1 is 1.05 bits per heavy atom. The van der Waals surface area contributed by atoms with Gasteiger partial charge >= 0.3 is 5.97 Å². The summed E-state index contributed by atoms with van der Waals surface area (Å²) in [6.45, 7) is 9.26. The minimum Gasteiger partial charge on any atom is -0.480 e. The maximum atomic E-state index is 12.1. The fourth-order valence-electron chi connectivity index (χ4n) is 2.14. The number of aliphatic carboxylic acids is 1. The first kappa shape index (κ1) is 17.9. The molecule has 0 heterocycles. The quantitative estimate of drug-likeness (QED) is 0.637. The van der Waals surface area contributed by atoms with Gasteiger partial charge in [0.25, 0.3) is 0 Å². The van der Waals surface area contributed by atoms with Crippen LogP contribution in [-0.2, 0) is 9.59 Å². The van der Waals surface area contributed by atoms with Crippen LogP contribution in [0.4, 0.5) is 0 Å². The van der Waals surface area contributed by atoms with Crippen LogP contribution in [-0.4, -0.2) is 47.1 Å². The van der Waals surface area contributed by atoms with Crippen molar-refractivity contribution < 1.29 is 14.7 Å². The number of hydrogen-bond donors (Lipinski definition) is 2. The third-order valence-electron chi connectivity index (χ3n) is 3.53. The predicted molar refractivity (Wildman–Crippen MR) is 76.1 cm³/mol. The van der Waals surface area contributed by atoms with Gasteiger partial charge in [-0.05, 0) is 25.7 Å². The molecule has 5 heteroatoms. The van der Waals surface area contributed by atoms with Gasteiger partial charge in [-0.25, -0.2) is 0 Å². The number of carbonyl (C=O) groups is 2. The second kappa shape index (κ2) is 8.91. The van der Waals surface area contributed by atoms with Crippen LogP contribution in [0.5, 0.6) is 0 Å². The molecule has 0 radical (unpaired) electrons. The summed E-state index contributed by atoms with van der Waals surface area (Å²) in [4.78, 5) is 25.2. The third kappa shape index (κ3) is 5.19. The maximum absolute atomic E-state index is 12.1. The number of nitrogens with zero attached hydrogens (tertiary/aromatic N) is 1. The second-order valence-corrected chi connectivity index (χ2v) is 4.83. The summed E-state index contributed by atoms with van der Waals surface area (Å²) in [6, 6.07) is 0. The zero-order valence-corrected chi connectivity index (χ0v) is 12.7. The molecule has 0 unspecified atom stereocenters. The minimum absolute atomic E-state index is 0.0174. The van der Waals surface area contributed by atoms with Crippen molar-refractivity contribution in [2.24, 2.45) is 0 Å². The second-order valence-electron chi connectivity index (χ2n) is 4.83. The molecule has 5 nitrogen and oxygen atoms in total. The summed E-state index contributed by atoms with van der Waals surface area (Å²) < 4.78 is 0. The standard InChI is InChI=1S/C14H28N2O3/c1-5-9-16(10-6-2)12(17)11-15-14(7-3,8-4)13(18)19/h15H,5-11H2,1-4H3,(H,18,19). The molecule has 1 amide bonds. The predicted octanol–water partition coefficient (Wildman–Crippen LogP) is 1.87. The molecule has 2 N–H and O–H groups in total. The lowest BCUT2D eigenvalue weighted by molar-refractivity contribution is -0.145. The summed E-state index contributed by atoms with van der Waals surface area (Å²) >= 11 is 0. The van der Waals surface area contributed by atoms with Gasteiger partial charge in [-0.3, -0.25) is 14.9 Å².